The number of nitrogens with one attached hydrogen (secondary N) is 1. The van der Waals surface area contributed by atoms with Crippen molar-refractivity contribution in [3.8, 4) is 0 Å². The number of methoxy groups -OCH3 is 1. The molecule has 1 amide bonds. The zero-order chi connectivity index (χ0) is 13.4. The summed E-state index contributed by atoms with van der Waals surface area (Å²) >= 11 is 0. The van der Waals surface area contributed by atoms with Crippen LogP contribution >= 0.6 is 0 Å². The third-order valence-corrected chi connectivity index (χ3v) is 2.15. The molecule has 1 aromatic heterocycles. The number of amides is 1. The van der Waals surface area contributed by atoms with Crippen molar-refractivity contribution >= 4 is 17.4 Å². The molecule has 1 rings (SSSR count). The van der Waals surface area contributed by atoms with Crippen LogP contribution < -0.4 is 10.2 Å². The normalized spacial score (nSPS) is 10.2. The fourth-order valence-corrected chi connectivity index (χ4v) is 1.23. The van der Waals surface area contributed by atoms with E-state index in [-0.39, 0.29) is 12.5 Å². The molecule has 6 heteroatoms. The molecule has 1 N–H and O–H groups in total. The average Bonchev–Trinajstić information content (AvgIpc) is 2.35. The van der Waals surface area contributed by atoms with Gasteiger partial charge in [0.25, 0.3) is 0 Å². The molecule has 1 heterocycles. The highest BCUT2D eigenvalue weighted by molar-refractivity contribution is 5.91. The van der Waals surface area contributed by atoms with Gasteiger partial charge in [0.05, 0.1) is 25.1 Å². The fourth-order valence-electron chi connectivity index (χ4n) is 1.23. The zero-order valence-electron chi connectivity index (χ0n) is 11.0. The molecular weight excluding hydrogens is 234 g/mol. The lowest BCUT2D eigenvalue weighted by atomic mass is 10.4. The number of carbonyl (C=O) groups excluding carboxylic acids is 1. The van der Waals surface area contributed by atoms with Crippen molar-refractivity contribution in [3.05, 3.63) is 18.3 Å². The van der Waals surface area contributed by atoms with Crippen molar-refractivity contribution in [2.45, 2.75) is 0 Å². The van der Waals surface area contributed by atoms with Gasteiger partial charge in [0.15, 0.2) is 0 Å². The summed E-state index contributed by atoms with van der Waals surface area (Å²) in [6.45, 7) is 0.896. The number of rotatable bonds is 7. The molecule has 0 aliphatic heterocycles. The predicted octanol–water partition coefficient (Wildman–Crippen LogP) is 0.749. The Morgan fingerprint density at radius 2 is 2.17 bits per heavy atom. The molecule has 0 aromatic carbocycles. The lowest BCUT2D eigenvalue weighted by Gasteiger charge is -2.11. The number of ether oxygens (including phenoxy) is 2. The maximum absolute atomic E-state index is 11.5. The zero-order valence-corrected chi connectivity index (χ0v) is 11.0. The number of aromatic nitrogens is 1. The number of hydrogen-bond acceptors (Lipinski definition) is 5. The van der Waals surface area contributed by atoms with Crippen molar-refractivity contribution in [1.29, 1.82) is 0 Å². The van der Waals surface area contributed by atoms with Crippen LogP contribution in [0, 0.1) is 0 Å². The summed E-state index contributed by atoms with van der Waals surface area (Å²) in [5, 5.41) is 2.70. The Morgan fingerprint density at radius 1 is 1.39 bits per heavy atom. The first-order valence-corrected chi connectivity index (χ1v) is 5.63. The Bertz CT molecular complexity index is 365. The highest BCUT2D eigenvalue weighted by Crippen LogP contribution is 2.11. The van der Waals surface area contributed by atoms with Gasteiger partial charge in [-0.15, -0.1) is 0 Å². The van der Waals surface area contributed by atoms with Crippen molar-refractivity contribution in [2.75, 3.05) is 51.2 Å². The SMILES string of the molecule is COCCOCC(=O)Nc1ccc(N(C)C)nc1. The molecule has 1 aromatic rings. The molecule has 6 nitrogen and oxygen atoms in total. The van der Waals surface area contributed by atoms with Crippen LogP contribution in [0.25, 0.3) is 0 Å². The van der Waals surface area contributed by atoms with Crippen LogP contribution in [-0.4, -0.2) is 51.9 Å². The first kappa shape index (κ1) is 14.4. The predicted molar refractivity (Wildman–Crippen MR) is 69.9 cm³/mol. The van der Waals surface area contributed by atoms with Crippen LogP contribution in [0.15, 0.2) is 18.3 Å². The van der Waals surface area contributed by atoms with E-state index >= 15 is 0 Å². The van der Waals surface area contributed by atoms with Gasteiger partial charge < -0.3 is 19.7 Å². The highest BCUT2D eigenvalue weighted by Gasteiger charge is 2.03. The molecule has 100 valence electrons. The van der Waals surface area contributed by atoms with Crippen LogP contribution in [0.5, 0.6) is 0 Å². The van der Waals surface area contributed by atoms with E-state index in [1.807, 2.05) is 25.1 Å². The summed E-state index contributed by atoms with van der Waals surface area (Å²) in [5.74, 6) is 0.634. The highest BCUT2D eigenvalue weighted by atomic mass is 16.5. The third kappa shape index (κ3) is 5.11. The summed E-state index contributed by atoms with van der Waals surface area (Å²) in [4.78, 5) is 17.6. The number of carbonyl (C=O) groups is 1. The third-order valence-electron chi connectivity index (χ3n) is 2.15. The van der Waals surface area contributed by atoms with Crippen molar-refractivity contribution in [3.63, 3.8) is 0 Å². The van der Waals surface area contributed by atoms with Gasteiger partial charge >= 0.3 is 0 Å². The molecule has 0 atom stereocenters. The minimum absolute atomic E-state index is 0.0127. The molecule has 0 aliphatic carbocycles. The smallest absolute Gasteiger partial charge is 0.250 e. The van der Waals surface area contributed by atoms with E-state index < -0.39 is 0 Å². The van der Waals surface area contributed by atoms with E-state index in [1.165, 1.54) is 0 Å². The van der Waals surface area contributed by atoms with Gasteiger partial charge in [-0.2, -0.15) is 0 Å². The molecule has 0 saturated heterocycles. The van der Waals surface area contributed by atoms with Gasteiger partial charge in [-0.1, -0.05) is 0 Å². The Kier molecular flexibility index (Phi) is 6.10. The van der Waals surface area contributed by atoms with E-state index in [0.29, 0.717) is 18.9 Å². The number of hydrogen-bond donors (Lipinski definition) is 1. The number of anilines is 2. The van der Waals surface area contributed by atoms with Crippen molar-refractivity contribution in [2.24, 2.45) is 0 Å². The van der Waals surface area contributed by atoms with Gasteiger partial charge in [-0.05, 0) is 12.1 Å². The molecule has 18 heavy (non-hydrogen) atoms. The van der Waals surface area contributed by atoms with Crippen LogP contribution in [0.2, 0.25) is 0 Å². The van der Waals surface area contributed by atoms with E-state index in [1.54, 1.807) is 19.4 Å². The maximum Gasteiger partial charge on any atom is 0.250 e. The van der Waals surface area contributed by atoms with Gasteiger partial charge in [-0.25, -0.2) is 4.98 Å². The Balaban J connectivity index is 2.35. The van der Waals surface area contributed by atoms with E-state index in [9.17, 15) is 4.79 Å². The van der Waals surface area contributed by atoms with E-state index in [2.05, 4.69) is 10.3 Å². The lowest BCUT2D eigenvalue weighted by Crippen LogP contribution is -2.20. The first-order valence-electron chi connectivity index (χ1n) is 5.63. The monoisotopic (exact) mass is 253 g/mol. The Labute approximate surface area is 107 Å². The molecule has 0 spiro atoms. The van der Waals surface area contributed by atoms with E-state index in [0.717, 1.165) is 5.82 Å². The summed E-state index contributed by atoms with van der Waals surface area (Å²) in [5.41, 5.74) is 0.654. The van der Waals surface area contributed by atoms with Crippen LogP contribution in [0.3, 0.4) is 0 Å². The van der Waals surface area contributed by atoms with Crippen LogP contribution in [-0.2, 0) is 14.3 Å². The Hall–Kier alpha value is -1.66. The second kappa shape index (κ2) is 7.62. The van der Waals surface area contributed by atoms with Gasteiger partial charge in [0.2, 0.25) is 5.91 Å². The molecule has 0 bridgehead atoms. The van der Waals surface area contributed by atoms with Crippen molar-refractivity contribution in [1.82, 2.24) is 4.98 Å². The molecule has 0 fully saturated rings. The van der Waals surface area contributed by atoms with Gasteiger partial charge in [0.1, 0.15) is 12.4 Å². The first-order chi connectivity index (χ1) is 8.63. The molecular formula is C12H19N3O3. The number of nitrogens with zero attached hydrogens (tertiary/aromatic N) is 2. The Morgan fingerprint density at radius 3 is 2.72 bits per heavy atom. The number of pyridine rings is 1. The quantitative estimate of drug-likeness (QED) is 0.726. The van der Waals surface area contributed by atoms with Crippen molar-refractivity contribution < 1.29 is 14.3 Å². The minimum atomic E-state index is -0.203. The topological polar surface area (TPSA) is 63.7 Å². The summed E-state index contributed by atoms with van der Waals surface area (Å²) in [6, 6.07) is 3.64. The summed E-state index contributed by atoms with van der Waals surface area (Å²) in [7, 11) is 5.40. The standard InChI is InChI=1S/C12H19N3O3/c1-15(2)11-5-4-10(8-13-11)14-12(16)9-18-7-6-17-3/h4-5,8H,6-7,9H2,1-3H3,(H,14,16). The van der Waals surface area contributed by atoms with Crippen LogP contribution in [0.4, 0.5) is 11.5 Å². The average molecular weight is 253 g/mol. The molecule has 0 aliphatic rings. The molecule has 0 saturated carbocycles. The van der Waals surface area contributed by atoms with E-state index in [4.69, 9.17) is 9.47 Å². The maximum atomic E-state index is 11.5. The van der Waals surface area contributed by atoms with Gasteiger partial charge in [0, 0.05) is 21.2 Å². The van der Waals surface area contributed by atoms with Gasteiger partial charge in [-0.3, -0.25) is 4.79 Å². The molecule has 0 unspecified atom stereocenters. The lowest BCUT2D eigenvalue weighted by molar-refractivity contribution is -0.121. The fraction of sp³-hybridized carbons (Fsp3) is 0.500. The summed E-state index contributed by atoms with van der Waals surface area (Å²) < 4.78 is 9.91. The van der Waals surface area contributed by atoms with Crippen LogP contribution in [0.1, 0.15) is 0 Å². The molecule has 0 radical (unpaired) electrons. The minimum Gasteiger partial charge on any atom is -0.382 e. The summed E-state index contributed by atoms with van der Waals surface area (Å²) in [6.07, 6.45) is 1.61. The largest absolute Gasteiger partial charge is 0.382 e. The second-order valence-corrected chi connectivity index (χ2v) is 3.89. The second-order valence-electron chi connectivity index (χ2n) is 3.89.